The maximum absolute atomic E-state index is 11.5. The van der Waals surface area contributed by atoms with Crippen LogP contribution in [0.15, 0.2) is 10.9 Å². The summed E-state index contributed by atoms with van der Waals surface area (Å²) in [6, 6.07) is 1.38. The summed E-state index contributed by atoms with van der Waals surface area (Å²) in [5.41, 5.74) is -0.0387. The Hall–Kier alpha value is -0.830. The second-order valence-electron chi connectivity index (χ2n) is 3.85. The number of aromatic nitrogens is 2. The summed E-state index contributed by atoms with van der Waals surface area (Å²) in [5, 5.41) is 0.287. The number of hydrogen-bond acceptors (Lipinski definition) is 2. The molecule has 1 aliphatic carbocycles. The second kappa shape index (κ2) is 3.73. The van der Waals surface area contributed by atoms with E-state index in [1.807, 2.05) is 6.92 Å². The molecule has 0 saturated heterocycles. The van der Waals surface area contributed by atoms with Crippen molar-refractivity contribution < 1.29 is 0 Å². The van der Waals surface area contributed by atoms with Gasteiger partial charge in [0.25, 0.3) is 5.56 Å². The maximum Gasteiger partial charge on any atom is 0.254 e. The SMILES string of the molecule is Cc1nc(Cl)cc(=O)n1CCC1CC1. The zero-order valence-electron chi connectivity index (χ0n) is 8.16. The summed E-state index contributed by atoms with van der Waals surface area (Å²) in [7, 11) is 0. The Kier molecular flexibility index (Phi) is 2.59. The van der Waals surface area contributed by atoms with Gasteiger partial charge in [-0.05, 0) is 19.3 Å². The standard InChI is InChI=1S/C10H13ClN2O/c1-7-12-9(11)6-10(14)13(7)5-4-8-2-3-8/h6,8H,2-5H2,1H3. The van der Waals surface area contributed by atoms with Crippen LogP contribution in [-0.2, 0) is 6.54 Å². The first-order valence-corrected chi connectivity index (χ1v) is 5.28. The van der Waals surface area contributed by atoms with E-state index in [9.17, 15) is 4.79 Å². The lowest BCUT2D eigenvalue weighted by molar-refractivity contribution is 0.559. The van der Waals surface area contributed by atoms with Crippen LogP contribution in [0.5, 0.6) is 0 Å². The van der Waals surface area contributed by atoms with E-state index in [2.05, 4.69) is 4.98 Å². The highest BCUT2D eigenvalue weighted by Gasteiger charge is 2.21. The Morgan fingerprint density at radius 3 is 2.93 bits per heavy atom. The van der Waals surface area contributed by atoms with Crippen molar-refractivity contribution >= 4 is 11.6 Å². The highest BCUT2D eigenvalue weighted by molar-refractivity contribution is 6.29. The molecule has 0 atom stereocenters. The Balaban J connectivity index is 2.18. The van der Waals surface area contributed by atoms with Gasteiger partial charge >= 0.3 is 0 Å². The predicted octanol–water partition coefficient (Wildman–Crippen LogP) is 2.01. The fourth-order valence-corrected chi connectivity index (χ4v) is 1.79. The lowest BCUT2D eigenvalue weighted by Crippen LogP contribution is -2.23. The minimum Gasteiger partial charge on any atom is -0.297 e. The van der Waals surface area contributed by atoms with Gasteiger partial charge in [0.05, 0.1) is 0 Å². The normalized spacial score (nSPS) is 15.9. The summed E-state index contributed by atoms with van der Waals surface area (Å²) in [5.74, 6) is 1.54. The number of halogens is 1. The second-order valence-corrected chi connectivity index (χ2v) is 4.24. The molecule has 0 aromatic carbocycles. The van der Waals surface area contributed by atoms with Crippen LogP contribution >= 0.6 is 11.6 Å². The molecule has 1 fully saturated rings. The third-order valence-corrected chi connectivity index (χ3v) is 2.82. The predicted molar refractivity (Wildman–Crippen MR) is 55.6 cm³/mol. The molecule has 0 N–H and O–H groups in total. The molecule has 0 spiro atoms. The largest absolute Gasteiger partial charge is 0.297 e. The van der Waals surface area contributed by atoms with Crippen LogP contribution in [0.25, 0.3) is 0 Å². The van der Waals surface area contributed by atoms with E-state index in [-0.39, 0.29) is 10.7 Å². The summed E-state index contributed by atoms with van der Waals surface area (Å²) in [6.45, 7) is 2.60. The monoisotopic (exact) mass is 212 g/mol. The molecule has 4 heteroatoms. The van der Waals surface area contributed by atoms with Crippen molar-refractivity contribution in [2.24, 2.45) is 5.92 Å². The smallest absolute Gasteiger partial charge is 0.254 e. The van der Waals surface area contributed by atoms with Crippen molar-refractivity contribution in [3.8, 4) is 0 Å². The Bertz CT molecular complexity index is 396. The van der Waals surface area contributed by atoms with Crippen LogP contribution in [0.4, 0.5) is 0 Å². The van der Waals surface area contributed by atoms with E-state index < -0.39 is 0 Å². The van der Waals surface area contributed by atoms with Crippen molar-refractivity contribution in [3.63, 3.8) is 0 Å². The molecular weight excluding hydrogens is 200 g/mol. The summed E-state index contributed by atoms with van der Waals surface area (Å²) in [6.07, 6.45) is 3.72. The van der Waals surface area contributed by atoms with Crippen LogP contribution in [0.2, 0.25) is 5.15 Å². The van der Waals surface area contributed by atoms with Gasteiger partial charge in [-0.1, -0.05) is 24.4 Å². The third kappa shape index (κ3) is 2.15. The molecule has 1 aromatic rings. The van der Waals surface area contributed by atoms with Crippen LogP contribution in [-0.4, -0.2) is 9.55 Å². The van der Waals surface area contributed by atoms with Crippen LogP contribution in [0, 0.1) is 12.8 Å². The molecule has 0 amide bonds. The van der Waals surface area contributed by atoms with Gasteiger partial charge in [-0.2, -0.15) is 0 Å². The lowest BCUT2D eigenvalue weighted by Gasteiger charge is -2.07. The first-order valence-electron chi connectivity index (χ1n) is 4.91. The van der Waals surface area contributed by atoms with Crippen LogP contribution in [0.1, 0.15) is 25.1 Å². The van der Waals surface area contributed by atoms with E-state index in [0.29, 0.717) is 5.82 Å². The average molecular weight is 213 g/mol. The average Bonchev–Trinajstić information content (AvgIpc) is 2.85. The molecule has 3 nitrogen and oxygen atoms in total. The Morgan fingerprint density at radius 2 is 2.36 bits per heavy atom. The van der Waals surface area contributed by atoms with Crippen molar-refractivity contribution in [2.75, 3.05) is 0 Å². The van der Waals surface area contributed by atoms with Crippen molar-refractivity contribution in [3.05, 3.63) is 27.4 Å². The van der Waals surface area contributed by atoms with E-state index in [0.717, 1.165) is 18.9 Å². The van der Waals surface area contributed by atoms with E-state index in [1.165, 1.54) is 18.9 Å². The molecule has 76 valence electrons. The topological polar surface area (TPSA) is 34.9 Å². The van der Waals surface area contributed by atoms with E-state index in [4.69, 9.17) is 11.6 Å². The Morgan fingerprint density at radius 1 is 1.64 bits per heavy atom. The van der Waals surface area contributed by atoms with Gasteiger partial charge in [0, 0.05) is 12.6 Å². The molecule has 0 unspecified atom stereocenters. The Labute approximate surface area is 87.7 Å². The first kappa shape index (κ1) is 9.71. The molecule has 2 rings (SSSR count). The molecule has 14 heavy (non-hydrogen) atoms. The number of rotatable bonds is 3. The summed E-state index contributed by atoms with van der Waals surface area (Å²) >= 11 is 5.67. The van der Waals surface area contributed by atoms with E-state index in [1.54, 1.807) is 4.57 Å². The molecule has 1 saturated carbocycles. The van der Waals surface area contributed by atoms with Crippen LogP contribution in [0.3, 0.4) is 0 Å². The van der Waals surface area contributed by atoms with Gasteiger partial charge < -0.3 is 0 Å². The van der Waals surface area contributed by atoms with Gasteiger partial charge in [-0.25, -0.2) is 4.98 Å². The van der Waals surface area contributed by atoms with Crippen molar-refractivity contribution in [2.45, 2.75) is 32.7 Å². The molecule has 1 aromatic heterocycles. The van der Waals surface area contributed by atoms with Crippen molar-refractivity contribution in [1.29, 1.82) is 0 Å². The van der Waals surface area contributed by atoms with Gasteiger partial charge in [0.2, 0.25) is 0 Å². The lowest BCUT2D eigenvalue weighted by atomic mass is 10.3. The van der Waals surface area contributed by atoms with Crippen LogP contribution < -0.4 is 5.56 Å². The molecule has 0 bridgehead atoms. The number of hydrogen-bond donors (Lipinski definition) is 0. The van der Waals surface area contributed by atoms with Gasteiger partial charge in [0.1, 0.15) is 11.0 Å². The van der Waals surface area contributed by atoms with Gasteiger partial charge in [-0.3, -0.25) is 9.36 Å². The summed E-state index contributed by atoms with van der Waals surface area (Å²) in [4.78, 5) is 15.6. The number of aryl methyl sites for hydroxylation is 1. The molecular formula is C10H13ClN2O. The number of nitrogens with zero attached hydrogens (tertiary/aromatic N) is 2. The first-order chi connectivity index (χ1) is 6.66. The highest BCUT2D eigenvalue weighted by atomic mass is 35.5. The highest BCUT2D eigenvalue weighted by Crippen LogP contribution is 2.32. The van der Waals surface area contributed by atoms with Gasteiger partial charge in [0.15, 0.2) is 0 Å². The summed E-state index contributed by atoms with van der Waals surface area (Å²) < 4.78 is 1.70. The van der Waals surface area contributed by atoms with E-state index >= 15 is 0 Å². The third-order valence-electron chi connectivity index (χ3n) is 2.63. The molecule has 0 radical (unpaired) electrons. The molecule has 1 heterocycles. The van der Waals surface area contributed by atoms with Crippen molar-refractivity contribution in [1.82, 2.24) is 9.55 Å². The van der Waals surface area contributed by atoms with Gasteiger partial charge in [-0.15, -0.1) is 0 Å². The quantitative estimate of drug-likeness (QED) is 0.719. The maximum atomic E-state index is 11.5. The zero-order valence-corrected chi connectivity index (χ0v) is 8.92. The molecule has 0 aliphatic heterocycles. The fraction of sp³-hybridized carbons (Fsp3) is 0.600. The minimum atomic E-state index is -0.0387. The zero-order chi connectivity index (χ0) is 10.1. The molecule has 1 aliphatic rings. The minimum absolute atomic E-state index is 0.0387. The fourth-order valence-electron chi connectivity index (χ4n) is 1.58.